The number of rotatable bonds is 6. The van der Waals surface area contributed by atoms with Gasteiger partial charge >= 0.3 is 5.97 Å². The Morgan fingerprint density at radius 1 is 0.867 bits per heavy atom. The van der Waals surface area contributed by atoms with Crippen LogP contribution in [0.15, 0.2) is 36.4 Å². The van der Waals surface area contributed by atoms with E-state index in [1.165, 1.54) is 25.7 Å². The van der Waals surface area contributed by atoms with Crippen molar-refractivity contribution < 1.29 is 19.1 Å². The Hall–Kier alpha value is -2.20. The highest BCUT2D eigenvalue weighted by atomic mass is 16.5. The zero-order chi connectivity index (χ0) is 20.8. The molecule has 2 aromatic carbocycles. The quantitative estimate of drug-likeness (QED) is 0.492. The minimum atomic E-state index is -0.246. The van der Waals surface area contributed by atoms with E-state index in [9.17, 15) is 9.59 Å². The number of methoxy groups -OCH3 is 1. The molecule has 3 aliphatic rings. The molecule has 0 radical (unpaired) electrons. The Morgan fingerprint density at radius 3 is 2.30 bits per heavy atom. The monoisotopic (exact) mass is 406 g/mol. The zero-order valence-corrected chi connectivity index (χ0v) is 17.8. The van der Waals surface area contributed by atoms with Crippen LogP contribution in [0.2, 0.25) is 0 Å². The van der Waals surface area contributed by atoms with E-state index in [-0.39, 0.29) is 11.8 Å². The molecule has 0 amide bonds. The summed E-state index contributed by atoms with van der Waals surface area (Å²) < 4.78 is 11.2. The van der Waals surface area contributed by atoms with Crippen molar-refractivity contribution in [3.63, 3.8) is 0 Å². The van der Waals surface area contributed by atoms with Gasteiger partial charge in [-0.05, 0) is 97.1 Å². The van der Waals surface area contributed by atoms with Crippen LogP contribution in [0, 0.1) is 35.5 Å². The number of hydrogen-bond donors (Lipinski definition) is 0. The molecule has 2 bridgehead atoms. The van der Waals surface area contributed by atoms with Crippen LogP contribution < -0.4 is 0 Å². The van der Waals surface area contributed by atoms with Gasteiger partial charge in [0, 0.05) is 19.3 Å². The van der Waals surface area contributed by atoms with Gasteiger partial charge in [-0.15, -0.1) is 0 Å². The summed E-state index contributed by atoms with van der Waals surface area (Å²) in [6.07, 6.45) is 5.13. The summed E-state index contributed by atoms with van der Waals surface area (Å²) in [6, 6.07) is 11.1. The van der Waals surface area contributed by atoms with Gasteiger partial charge in [-0.1, -0.05) is 18.2 Å². The third kappa shape index (κ3) is 3.45. The van der Waals surface area contributed by atoms with Crippen LogP contribution in [0.5, 0.6) is 0 Å². The number of carbonyl (C=O) groups excluding carboxylic acids is 2. The Balaban J connectivity index is 1.20. The molecule has 0 N–H and O–H groups in total. The van der Waals surface area contributed by atoms with Gasteiger partial charge in [0.2, 0.25) is 0 Å². The molecule has 3 fully saturated rings. The number of ketones is 1. The highest BCUT2D eigenvalue weighted by Gasteiger charge is 2.55. The average Bonchev–Trinajstić information content (AvgIpc) is 3.43. The van der Waals surface area contributed by atoms with Crippen molar-refractivity contribution >= 4 is 22.5 Å². The van der Waals surface area contributed by atoms with E-state index in [0.29, 0.717) is 23.7 Å². The van der Waals surface area contributed by atoms with Crippen LogP contribution >= 0.6 is 0 Å². The lowest BCUT2D eigenvalue weighted by Gasteiger charge is -2.30. The van der Waals surface area contributed by atoms with E-state index in [1.807, 2.05) is 37.4 Å². The van der Waals surface area contributed by atoms with Gasteiger partial charge in [-0.2, -0.15) is 0 Å². The Bertz CT molecular complexity index is 980. The van der Waals surface area contributed by atoms with Crippen molar-refractivity contribution in [2.24, 2.45) is 35.5 Å². The van der Waals surface area contributed by atoms with Crippen LogP contribution in [0.4, 0.5) is 0 Å². The molecule has 2 aromatic rings. The maximum absolute atomic E-state index is 12.7. The maximum atomic E-state index is 12.7. The van der Waals surface area contributed by atoms with Gasteiger partial charge in [0.1, 0.15) is 0 Å². The van der Waals surface area contributed by atoms with Gasteiger partial charge in [0.25, 0.3) is 0 Å². The highest BCUT2D eigenvalue weighted by Crippen LogP contribution is 2.62. The molecule has 0 heterocycles. The standard InChI is InChI=1S/C26H30O4/c1-15(27)17-3-4-19-10-20(6-5-18(19)9-17)26(28)30-13-16-7-23-21-11-22(14-29-2)24(12-21)25(23)8-16/h3-6,9-10,16,21-25H,7-8,11-14H2,1-2H3. The molecular formula is C26H30O4. The molecule has 158 valence electrons. The lowest BCUT2D eigenvalue weighted by molar-refractivity contribution is 0.0434. The number of hydrogen-bond acceptors (Lipinski definition) is 4. The number of ether oxygens (including phenoxy) is 2. The SMILES string of the molecule is COCC1CC2CC1C1CC(COC(=O)c3ccc4cc(C(C)=O)ccc4c3)CC21. The van der Waals surface area contributed by atoms with E-state index in [0.717, 1.165) is 47.0 Å². The first-order valence-corrected chi connectivity index (χ1v) is 11.2. The normalized spacial score (nSPS) is 31.8. The van der Waals surface area contributed by atoms with Gasteiger partial charge in [-0.3, -0.25) is 4.79 Å². The lowest BCUT2D eigenvalue weighted by atomic mass is 9.76. The molecule has 5 rings (SSSR count). The van der Waals surface area contributed by atoms with Crippen LogP contribution in [-0.4, -0.2) is 32.1 Å². The molecule has 3 saturated carbocycles. The summed E-state index contributed by atoms with van der Waals surface area (Å²) in [5, 5.41) is 1.91. The molecule has 6 atom stereocenters. The molecule has 3 aliphatic carbocycles. The first-order valence-electron chi connectivity index (χ1n) is 11.2. The lowest BCUT2D eigenvalue weighted by Crippen LogP contribution is -2.26. The number of benzene rings is 2. The Labute approximate surface area is 177 Å². The summed E-state index contributed by atoms with van der Waals surface area (Å²) in [5.41, 5.74) is 1.27. The van der Waals surface area contributed by atoms with E-state index < -0.39 is 0 Å². The first kappa shape index (κ1) is 19.7. The average molecular weight is 407 g/mol. The molecular weight excluding hydrogens is 376 g/mol. The van der Waals surface area contributed by atoms with Crippen LogP contribution in [-0.2, 0) is 9.47 Å². The third-order valence-corrected chi connectivity index (χ3v) is 8.02. The summed E-state index contributed by atoms with van der Waals surface area (Å²) in [7, 11) is 1.81. The first-order chi connectivity index (χ1) is 14.5. The largest absolute Gasteiger partial charge is 0.462 e. The zero-order valence-electron chi connectivity index (χ0n) is 17.8. The highest BCUT2D eigenvalue weighted by molar-refractivity contribution is 6.00. The van der Waals surface area contributed by atoms with Gasteiger partial charge in [-0.25, -0.2) is 4.79 Å². The van der Waals surface area contributed by atoms with Crippen LogP contribution in [0.3, 0.4) is 0 Å². The summed E-state index contributed by atoms with van der Waals surface area (Å²) in [5.74, 6) is 4.36. The summed E-state index contributed by atoms with van der Waals surface area (Å²) in [4.78, 5) is 24.2. The Kier molecular flexibility index (Phi) is 5.14. The molecule has 6 unspecified atom stereocenters. The van der Waals surface area contributed by atoms with Crippen LogP contribution in [0.1, 0.15) is 53.3 Å². The molecule has 0 saturated heterocycles. The molecule has 4 heteroatoms. The second kappa shape index (κ2) is 7.81. The molecule has 0 aliphatic heterocycles. The number of Topliss-reactive ketones (excluding diaryl/α,β-unsaturated/α-hetero) is 1. The summed E-state index contributed by atoms with van der Waals surface area (Å²) >= 11 is 0. The van der Waals surface area contributed by atoms with Gasteiger partial charge in [0.15, 0.2) is 5.78 Å². The number of carbonyl (C=O) groups is 2. The van der Waals surface area contributed by atoms with Crippen molar-refractivity contribution in [2.45, 2.75) is 32.6 Å². The molecule has 4 nitrogen and oxygen atoms in total. The van der Waals surface area contributed by atoms with E-state index in [4.69, 9.17) is 9.47 Å². The molecule has 0 aromatic heterocycles. The third-order valence-electron chi connectivity index (χ3n) is 8.02. The van der Waals surface area contributed by atoms with Crippen molar-refractivity contribution in [3.05, 3.63) is 47.5 Å². The van der Waals surface area contributed by atoms with E-state index in [2.05, 4.69) is 0 Å². The van der Waals surface area contributed by atoms with E-state index in [1.54, 1.807) is 13.0 Å². The number of esters is 1. The van der Waals surface area contributed by atoms with Gasteiger partial charge in [0.05, 0.1) is 12.2 Å². The predicted octanol–water partition coefficient (Wildman–Crippen LogP) is 5.14. The van der Waals surface area contributed by atoms with Crippen molar-refractivity contribution in [1.82, 2.24) is 0 Å². The molecule has 0 spiro atoms. The fraction of sp³-hybridized carbons (Fsp3) is 0.538. The Morgan fingerprint density at radius 2 is 1.57 bits per heavy atom. The van der Waals surface area contributed by atoms with Crippen LogP contribution in [0.25, 0.3) is 10.8 Å². The fourth-order valence-corrected chi connectivity index (χ4v) is 6.74. The minimum absolute atomic E-state index is 0.0451. The van der Waals surface area contributed by atoms with Gasteiger partial charge < -0.3 is 9.47 Å². The molecule has 30 heavy (non-hydrogen) atoms. The topological polar surface area (TPSA) is 52.6 Å². The van der Waals surface area contributed by atoms with Crippen molar-refractivity contribution in [1.29, 1.82) is 0 Å². The van der Waals surface area contributed by atoms with E-state index >= 15 is 0 Å². The fourth-order valence-electron chi connectivity index (χ4n) is 6.74. The minimum Gasteiger partial charge on any atom is -0.462 e. The number of fused-ring (bicyclic) bond motifs is 6. The second-order valence-corrected chi connectivity index (χ2v) is 9.71. The maximum Gasteiger partial charge on any atom is 0.338 e. The second-order valence-electron chi connectivity index (χ2n) is 9.71. The predicted molar refractivity (Wildman–Crippen MR) is 116 cm³/mol. The van der Waals surface area contributed by atoms with Crippen molar-refractivity contribution in [2.75, 3.05) is 20.3 Å². The summed E-state index contributed by atoms with van der Waals surface area (Å²) in [6.45, 7) is 2.99. The van der Waals surface area contributed by atoms with Crippen molar-refractivity contribution in [3.8, 4) is 0 Å². The smallest absolute Gasteiger partial charge is 0.338 e.